The topological polar surface area (TPSA) is 73.2 Å². The van der Waals surface area contributed by atoms with Gasteiger partial charge < -0.3 is 10.1 Å². The predicted molar refractivity (Wildman–Crippen MR) is 117 cm³/mol. The molecule has 0 unspecified atom stereocenters. The molecular weight excluding hydrogens is 440 g/mol. The number of nitrogens with zero attached hydrogens (tertiary/aromatic N) is 2. The van der Waals surface area contributed by atoms with E-state index in [9.17, 15) is 18.4 Å². The van der Waals surface area contributed by atoms with E-state index < -0.39 is 30.1 Å². The van der Waals surface area contributed by atoms with Gasteiger partial charge in [-0.25, -0.2) is 13.6 Å². The van der Waals surface area contributed by atoms with Gasteiger partial charge >= 0.3 is 5.97 Å². The molecule has 1 N–H and O–H groups in total. The van der Waals surface area contributed by atoms with Crippen molar-refractivity contribution in [2.45, 2.75) is 20.4 Å². The first-order valence-electron chi connectivity index (χ1n) is 9.61. The third kappa shape index (κ3) is 6.01. The first kappa shape index (κ1) is 23.1. The van der Waals surface area contributed by atoms with E-state index in [2.05, 4.69) is 10.4 Å². The van der Waals surface area contributed by atoms with Gasteiger partial charge in [0.2, 0.25) is 0 Å². The molecule has 1 heterocycles. The summed E-state index contributed by atoms with van der Waals surface area (Å²) in [6.45, 7) is 3.55. The summed E-state index contributed by atoms with van der Waals surface area (Å²) < 4.78 is 33.0. The Kier molecular flexibility index (Phi) is 7.37. The van der Waals surface area contributed by atoms with Gasteiger partial charge in [0.25, 0.3) is 5.91 Å². The summed E-state index contributed by atoms with van der Waals surface area (Å²) in [5.74, 6) is -3.14. The second kappa shape index (κ2) is 10.2. The van der Waals surface area contributed by atoms with Gasteiger partial charge in [-0.3, -0.25) is 9.48 Å². The lowest BCUT2D eigenvalue weighted by atomic mass is 10.1. The van der Waals surface area contributed by atoms with Crippen LogP contribution in [0.2, 0.25) is 5.02 Å². The maximum absolute atomic E-state index is 13.2. The Morgan fingerprint density at radius 1 is 1.16 bits per heavy atom. The number of esters is 1. The number of carbonyl (C=O) groups is 2. The minimum atomic E-state index is -0.832. The van der Waals surface area contributed by atoms with Crippen molar-refractivity contribution in [2.75, 3.05) is 11.9 Å². The van der Waals surface area contributed by atoms with E-state index in [1.54, 1.807) is 16.8 Å². The average Bonchev–Trinajstić information content (AvgIpc) is 2.98. The van der Waals surface area contributed by atoms with E-state index in [4.69, 9.17) is 16.3 Å². The molecule has 1 amide bonds. The fraction of sp³-hybridized carbons (Fsp3) is 0.174. The molecule has 0 radical (unpaired) electrons. The first-order valence-corrected chi connectivity index (χ1v) is 9.99. The van der Waals surface area contributed by atoms with Crippen molar-refractivity contribution in [3.8, 4) is 0 Å². The van der Waals surface area contributed by atoms with E-state index in [0.29, 0.717) is 23.3 Å². The molecule has 0 saturated heterocycles. The van der Waals surface area contributed by atoms with Crippen LogP contribution in [0, 0.1) is 25.5 Å². The fourth-order valence-electron chi connectivity index (χ4n) is 3.05. The smallest absolute Gasteiger partial charge is 0.331 e. The molecule has 0 aliphatic heterocycles. The Morgan fingerprint density at radius 3 is 2.53 bits per heavy atom. The number of nitrogens with one attached hydrogen (secondary N) is 1. The normalized spacial score (nSPS) is 11.0. The fourth-order valence-corrected chi connectivity index (χ4v) is 3.25. The predicted octanol–water partition coefficient (Wildman–Crippen LogP) is 4.67. The quantitative estimate of drug-likeness (QED) is 0.411. The molecule has 3 aromatic rings. The summed E-state index contributed by atoms with van der Waals surface area (Å²) in [6.07, 6.45) is 2.74. The van der Waals surface area contributed by atoms with Crippen molar-refractivity contribution < 1.29 is 23.1 Å². The van der Waals surface area contributed by atoms with Crippen molar-refractivity contribution >= 4 is 35.2 Å². The SMILES string of the molecule is Cc1nn(Cc2ccccc2Cl)c(C)c1/C=C/C(=O)OCC(=O)Nc1cc(F)cc(F)c1. The number of hydrogen-bond donors (Lipinski definition) is 1. The second-order valence-corrected chi connectivity index (χ2v) is 7.39. The molecule has 6 nitrogen and oxygen atoms in total. The summed E-state index contributed by atoms with van der Waals surface area (Å²) in [5, 5.41) is 7.39. The lowest BCUT2D eigenvalue weighted by Gasteiger charge is -2.07. The summed E-state index contributed by atoms with van der Waals surface area (Å²) in [6, 6.07) is 10.0. The zero-order valence-corrected chi connectivity index (χ0v) is 18.1. The Bertz CT molecular complexity index is 1170. The zero-order valence-electron chi connectivity index (χ0n) is 17.4. The van der Waals surface area contributed by atoms with Crippen LogP contribution in [0.4, 0.5) is 14.5 Å². The van der Waals surface area contributed by atoms with Crippen LogP contribution in [0.5, 0.6) is 0 Å². The van der Waals surface area contributed by atoms with E-state index in [1.165, 1.54) is 6.08 Å². The Balaban J connectivity index is 1.58. The largest absolute Gasteiger partial charge is 0.452 e. The van der Waals surface area contributed by atoms with Crippen molar-refractivity contribution in [3.63, 3.8) is 0 Å². The summed E-state index contributed by atoms with van der Waals surface area (Å²) >= 11 is 6.22. The van der Waals surface area contributed by atoms with Crippen LogP contribution >= 0.6 is 11.6 Å². The van der Waals surface area contributed by atoms with Crippen LogP contribution in [-0.2, 0) is 20.9 Å². The van der Waals surface area contributed by atoms with Gasteiger partial charge in [0.1, 0.15) is 11.6 Å². The summed E-state index contributed by atoms with van der Waals surface area (Å²) in [4.78, 5) is 23.8. The second-order valence-electron chi connectivity index (χ2n) is 6.98. The Labute approximate surface area is 188 Å². The van der Waals surface area contributed by atoms with Gasteiger partial charge in [0, 0.05) is 34.1 Å². The highest BCUT2D eigenvalue weighted by atomic mass is 35.5. The van der Waals surface area contributed by atoms with Crippen LogP contribution in [-0.4, -0.2) is 28.3 Å². The monoisotopic (exact) mass is 459 g/mol. The maximum Gasteiger partial charge on any atom is 0.331 e. The minimum Gasteiger partial charge on any atom is -0.452 e. The average molecular weight is 460 g/mol. The molecule has 32 heavy (non-hydrogen) atoms. The minimum absolute atomic E-state index is 0.0729. The molecular formula is C23H20ClF2N3O3. The number of benzene rings is 2. The number of ether oxygens (including phenoxy) is 1. The highest BCUT2D eigenvalue weighted by molar-refractivity contribution is 6.31. The molecule has 0 spiro atoms. The van der Waals surface area contributed by atoms with E-state index >= 15 is 0 Å². The molecule has 0 atom stereocenters. The standard InChI is InChI=1S/C23H20ClF2N3O3/c1-14-20(15(2)29(28-14)12-16-5-3-4-6-21(16)24)7-8-23(31)32-13-22(30)27-19-10-17(25)9-18(26)11-19/h3-11H,12-13H2,1-2H3,(H,27,30)/b8-7+. The maximum atomic E-state index is 13.2. The number of carbonyl (C=O) groups excluding carboxylic acids is 2. The summed E-state index contributed by atoms with van der Waals surface area (Å²) in [5.41, 5.74) is 3.13. The van der Waals surface area contributed by atoms with Gasteiger partial charge in [0.15, 0.2) is 6.61 Å². The summed E-state index contributed by atoms with van der Waals surface area (Å²) in [7, 11) is 0. The van der Waals surface area contributed by atoms with Crippen molar-refractivity contribution in [3.05, 3.63) is 87.7 Å². The third-order valence-corrected chi connectivity index (χ3v) is 4.96. The van der Waals surface area contributed by atoms with E-state index in [1.807, 2.05) is 32.0 Å². The molecule has 0 bridgehead atoms. The van der Waals surface area contributed by atoms with Crippen molar-refractivity contribution in [1.82, 2.24) is 9.78 Å². The van der Waals surface area contributed by atoms with Crippen LogP contribution in [0.1, 0.15) is 22.5 Å². The van der Waals surface area contributed by atoms with E-state index in [0.717, 1.165) is 29.0 Å². The van der Waals surface area contributed by atoms with E-state index in [-0.39, 0.29) is 5.69 Å². The lowest BCUT2D eigenvalue weighted by Crippen LogP contribution is -2.20. The van der Waals surface area contributed by atoms with Crippen molar-refractivity contribution in [1.29, 1.82) is 0 Å². The van der Waals surface area contributed by atoms with Crippen LogP contribution < -0.4 is 5.32 Å². The van der Waals surface area contributed by atoms with Crippen LogP contribution in [0.25, 0.3) is 6.08 Å². The number of aromatic nitrogens is 2. The van der Waals surface area contributed by atoms with Gasteiger partial charge in [-0.15, -0.1) is 0 Å². The molecule has 3 rings (SSSR count). The van der Waals surface area contributed by atoms with Crippen molar-refractivity contribution in [2.24, 2.45) is 0 Å². The van der Waals surface area contributed by atoms with Gasteiger partial charge in [0.05, 0.1) is 12.2 Å². The number of rotatable bonds is 7. The number of anilines is 1. The molecule has 2 aromatic carbocycles. The number of hydrogen-bond acceptors (Lipinski definition) is 4. The van der Waals surface area contributed by atoms with Gasteiger partial charge in [-0.1, -0.05) is 29.8 Å². The number of halogens is 3. The number of amides is 1. The van der Waals surface area contributed by atoms with Gasteiger partial charge in [-0.05, 0) is 43.7 Å². The highest BCUT2D eigenvalue weighted by Crippen LogP contribution is 2.20. The van der Waals surface area contributed by atoms with Crippen LogP contribution in [0.3, 0.4) is 0 Å². The lowest BCUT2D eigenvalue weighted by molar-refractivity contribution is -0.142. The third-order valence-electron chi connectivity index (χ3n) is 4.59. The molecule has 0 aliphatic carbocycles. The Hall–Kier alpha value is -3.52. The first-order chi connectivity index (χ1) is 15.2. The molecule has 1 aromatic heterocycles. The van der Waals surface area contributed by atoms with Crippen LogP contribution in [0.15, 0.2) is 48.5 Å². The molecule has 0 aliphatic rings. The molecule has 166 valence electrons. The molecule has 9 heteroatoms. The van der Waals surface area contributed by atoms with Gasteiger partial charge in [-0.2, -0.15) is 5.10 Å². The Morgan fingerprint density at radius 2 is 1.84 bits per heavy atom. The zero-order chi connectivity index (χ0) is 23.3. The number of aryl methyl sites for hydroxylation is 1. The molecule has 0 saturated carbocycles. The highest BCUT2D eigenvalue weighted by Gasteiger charge is 2.12. The molecule has 0 fully saturated rings.